The lowest BCUT2D eigenvalue weighted by molar-refractivity contribution is 0.240. The molecule has 5 nitrogen and oxygen atoms in total. The molecule has 0 saturated heterocycles. The van der Waals surface area contributed by atoms with E-state index in [1.807, 2.05) is 6.08 Å². The Hall–Kier alpha value is -3.33. The topological polar surface area (TPSA) is 50.2 Å². The first-order chi connectivity index (χ1) is 17.8. The van der Waals surface area contributed by atoms with E-state index in [1.54, 1.807) is 29.0 Å². The Morgan fingerprint density at radius 2 is 1.86 bits per heavy atom. The van der Waals surface area contributed by atoms with Gasteiger partial charge in [0.1, 0.15) is 22.6 Å². The Labute approximate surface area is 221 Å². The number of carbonyl (C=O) groups excluding carboxylic acids is 1. The summed E-state index contributed by atoms with van der Waals surface area (Å²) in [7, 11) is 0. The first-order valence-corrected chi connectivity index (χ1v) is 12.3. The van der Waals surface area contributed by atoms with Crippen molar-refractivity contribution < 1.29 is 18.0 Å². The molecule has 0 unspecified atom stereocenters. The van der Waals surface area contributed by atoms with Gasteiger partial charge in [-0.1, -0.05) is 35.4 Å². The van der Waals surface area contributed by atoms with Crippen LogP contribution in [0.1, 0.15) is 22.4 Å². The number of fused-ring (bicyclic) bond motifs is 3. The van der Waals surface area contributed by atoms with Crippen LogP contribution in [0.2, 0.25) is 10.2 Å². The number of aromatic nitrogens is 2. The van der Waals surface area contributed by atoms with Crippen molar-refractivity contribution in [1.29, 1.82) is 0 Å². The summed E-state index contributed by atoms with van der Waals surface area (Å²) >= 11 is 12.0. The van der Waals surface area contributed by atoms with Gasteiger partial charge in [-0.2, -0.15) is 0 Å². The summed E-state index contributed by atoms with van der Waals surface area (Å²) < 4.78 is 42.9. The van der Waals surface area contributed by atoms with E-state index in [0.717, 1.165) is 22.9 Å². The van der Waals surface area contributed by atoms with Crippen LogP contribution in [0, 0.1) is 17.5 Å². The first kappa shape index (κ1) is 25.3. The van der Waals surface area contributed by atoms with Crippen molar-refractivity contribution in [2.24, 2.45) is 0 Å². The highest BCUT2D eigenvalue weighted by molar-refractivity contribution is 6.31. The Morgan fingerprint density at radius 1 is 1.08 bits per heavy atom. The number of hydrogen-bond donors (Lipinski definition) is 1. The molecule has 1 N–H and O–H groups in total. The third-order valence-corrected chi connectivity index (χ3v) is 6.76. The molecule has 1 aliphatic rings. The summed E-state index contributed by atoms with van der Waals surface area (Å²) in [4.78, 5) is 19.3. The molecule has 0 spiro atoms. The Kier molecular flexibility index (Phi) is 7.24. The van der Waals surface area contributed by atoms with Crippen LogP contribution in [0.4, 0.5) is 18.0 Å². The second-order valence-corrected chi connectivity index (χ2v) is 9.57. The summed E-state index contributed by atoms with van der Waals surface area (Å²) in [6, 6.07) is 9.23. The molecule has 37 heavy (non-hydrogen) atoms. The van der Waals surface area contributed by atoms with Gasteiger partial charge in [-0.25, -0.2) is 22.9 Å². The van der Waals surface area contributed by atoms with Gasteiger partial charge in [0.15, 0.2) is 0 Å². The third-order valence-electron chi connectivity index (χ3n) is 6.27. The standard InChI is InChI=1S/C27H21Cl2F3N4O/c28-22-13-25-20(12-23(22)32)21-15-35(6-1-2-16-8-18(30)11-19(31)9-16)7-4-24(21)36(25)27(37)34-14-17-3-5-33-26(29)10-17/h1-3,5,8-13H,4,6-7,14-15H2,(H,34,37). The Balaban J connectivity index is 1.40. The predicted molar refractivity (Wildman–Crippen MR) is 138 cm³/mol. The molecule has 1 amide bonds. The number of carbonyl (C=O) groups is 1. The molecular formula is C27H21Cl2F3N4O. The maximum Gasteiger partial charge on any atom is 0.326 e. The van der Waals surface area contributed by atoms with Gasteiger partial charge < -0.3 is 5.32 Å². The van der Waals surface area contributed by atoms with Crippen LogP contribution in [0.25, 0.3) is 17.0 Å². The highest BCUT2D eigenvalue weighted by Gasteiger charge is 2.27. The van der Waals surface area contributed by atoms with Crippen molar-refractivity contribution >= 4 is 46.2 Å². The average Bonchev–Trinajstić information content (AvgIpc) is 3.15. The van der Waals surface area contributed by atoms with E-state index in [4.69, 9.17) is 23.2 Å². The van der Waals surface area contributed by atoms with E-state index in [-0.39, 0.29) is 17.6 Å². The molecule has 1 aliphatic heterocycles. The molecule has 2 aromatic carbocycles. The van der Waals surface area contributed by atoms with Crippen molar-refractivity contribution in [2.45, 2.75) is 19.5 Å². The van der Waals surface area contributed by atoms with Crippen LogP contribution in [0.3, 0.4) is 0 Å². The Morgan fingerprint density at radius 3 is 2.62 bits per heavy atom. The monoisotopic (exact) mass is 544 g/mol. The van der Waals surface area contributed by atoms with E-state index in [1.165, 1.54) is 24.3 Å². The van der Waals surface area contributed by atoms with Crippen molar-refractivity contribution in [3.05, 3.63) is 105 Å². The smallest absolute Gasteiger partial charge is 0.326 e. The molecule has 190 valence electrons. The van der Waals surface area contributed by atoms with Gasteiger partial charge in [0.05, 0.1) is 10.5 Å². The summed E-state index contributed by atoms with van der Waals surface area (Å²) in [6.07, 6.45) is 5.58. The molecule has 5 rings (SSSR count). The summed E-state index contributed by atoms with van der Waals surface area (Å²) in [5, 5.41) is 3.76. The number of nitrogens with one attached hydrogen (secondary N) is 1. The number of nitrogens with zero attached hydrogens (tertiary/aromatic N) is 3. The molecule has 0 atom stereocenters. The zero-order chi connectivity index (χ0) is 26.1. The van der Waals surface area contributed by atoms with E-state index in [2.05, 4.69) is 15.2 Å². The van der Waals surface area contributed by atoms with Gasteiger partial charge in [0, 0.05) is 55.9 Å². The normalized spacial score (nSPS) is 13.9. The fraction of sp³-hybridized carbons (Fsp3) is 0.185. The van der Waals surface area contributed by atoms with Crippen LogP contribution in [0.5, 0.6) is 0 Å². The lowest BCUT2D eigenvalue weighted by Crippen LogP contribution is -2.34. The minimum absolute atomic E-state index is 0.0700. The highest BCUT2D eigenvalue weighted by atomic mass is 35.5. The highest BCUT2D eigenvalue weighted by Crippen LogP contribution is 2.34. The maximum absolute atomic E-state index is 14.4. The van der Waals surface area contributed by atoms with Crippen molar-refractivity contribution in [1.82, 2.24) is 19.8 Å². The number of halogens is 5. The zero-order valence-electron chi connectivity index (χ0n) is 19.4. The largest absolute Gasteiger partial charge is 0.333 e. The van der Waals surface area contributed by atoms with E-state index in [0.29, 0.717) is 47.7 Å². The minimum atomic E-state index is -0.638. The number of hydrogen-bond acceptors (Lipinski definition) is 3. The molecule has 0 bridgehead atoms. The second kappa shape index (κ2) is 10.6. The van der Waals surface area contributed by atoms with Gasteiger partial charge in [0.25, 0.3) is 0 Å². The van der Waals surface area contributed by atoms with E-state index in [9.17, 15) is 18.0 Å². The van der Waals surface area contributed by atoms with Gasteiger partial charge >= 0.3 is 6.03 Å². The molecule has 3 heterocycles. The van der Waals surface area contributed by atoms with E-state index < -0.39 is 17.5 Å². The molecule has 4 aromatic rings. The molecule has 0 aliphatic carbocycles. The SMILES string of the molecule is O=C(NCc1ccnc(Cl)c1)n1c2c(c3cc(F)c(Cl)cc31)CN(CC=Cc1cc(F)cc(F)c1)CC2. The fourth-order valence-corrected chi connectivity index (χ4v) is 4.97. The van der Waals surface area contributed by atoms with Crippen LogP contribution < -0.4 is 5.32 Å². The van der Waals surface area contributed by atoms with Gasteiger partial charge in [-0.15, -0.1) is 0 Å². The number of pyridine rings is 1. The summed E-state index contributed by atoms with van der Waals surface area (Å²) in [5.74, 6) is -1.84. The molecule has 0 radical (unpaired) electrons. The minimum Gasteiger partial charge on any atom is -0.333 e. The van der Waals surface area contributed by atoms with Gasteiger partial charge in [-0.3, -0.25) is 9.47 Å². The number of amides is 1. The first-order valence-electron chi connectivity index (χ1n) is 11.5. The number of rotatable bonds is 5. The van der Waals surface area contributed by atoms with Crippen LogP contribution in [-0.4, -0.2) is 33.6 Å². The zero-order valence-corrected chi connectivity index (χ0v) is 21.0. The molecule has 0 saturated carbocycles. The molecule has 0 fully saturated rings. The van der Waals surface area contributed by atoms with Crippen LogP contribution in [0.15, 0.2) is 54.7 Å². The quantitative estimate of drug-likeness (QED) is 0.288. The second-order valence-electron chi connectivity index (χ2n) is 8.78. The molecule has 2 aromatic heterocycles. The average molecular weight is 545 g/mol. The van der Waals surface area contributed by atoms with Gasteiger partial charge in [-0.05, 0) is 53.1 Å². The molecular weight excluding hydrogens is 524 g/mol. The lowest BCUT2D eigenvalue weighted by atomic mass is 10.0. The summed E-state index contributed by atoms with van der Waals surface area (Å²) in [6.45, 7) is 1.85. The van der Waals surface area contributed by atoms with Crippen LogP contribution >= 0.6 is 23.2 Å². The van der Waals surface area contributed by atoms with Crippen molar-refractivity contribution in [3.63, 3.8) is 0 Å². The van der Waals surface area contributed by atoms with Crippen molar-refractivity contribution in [3.8, 4) is 0 Å². The lowest BCUT2D eigenvalue weighted by Gasteiger charge is -2.27. The van der Waals surface area contributed by atoms with Crippen LogP contribution in [-0.2, 0) is 19.5 Å². The van der Waals surface area contributed by atoms with Crippen molar-refractivity contribution in [2.75, 3.05) is 13.1 Å². The third kappa shape index (κ3) is 5.51. The summed E-state index contributed by atoms with van der Waals surface area (Å²) in [5.41, 5.74) is 3.36. The maximum atomic E-state index is 14.4. The predicted octanol–water partition coefficient (Wildman–Crippen LogP) is 6.59. The Bertz CT molecular complexity index is 1520. The number of benzene rings is 2. The van der Waals surface area contributed by atoms with E-state index >= 15 is 0 Å². The molecule has 10 heteroatoms. The van der Waals surface area contributed by atoms with Gasteiger partial charge in [0.2, 0.25) is 0 Å². The fourth-order valence-electron chi connectivity index (χ4n) is 4.61.